The van der Waals surface area contributed by atoms with Crippen molar-refractivity contribution in [2.24, 2.45) is 10.2 Å². The van der Waals surface area contributed by atoms with Crippen molar-refractivity contribution in [3.05, 3.63) is 63.7 Å². The van der Waals surface area contributed by atoms with Crippen LogP contribution in [-0.2, 0) is 4.79 Å². The van der Waals surface area contributed by atoms with E-state index in [2.05, 4.69) is 10.2 Å². The largest absolute Gasteiger partial charge is 0.502 e. The lowest BCUT2D eigenvalue weighted by Gasteiger charge is -2.07. The number of nitrogens with zero attached hydrogens (tertiary/aromatic N) is 4. The molecule has 3 rings (SSSR count). The summed E-state index contributed by atoms with van der Waals surface area (Å²) in [6.45, 7) is 0. The highest BCUT2D eigenvalue weighted by Gasteiger charge is 2.30. The minimum atomic E-state index is -0.690. The molecule has 1 aliphatic heterocycles. The van der Waals surface area contributed by atoms with Crippen molar-refractivity contribution in [1.29, 1.82) is 0 Å². The maximum atomic E-state index is 12.2. The van der Waals surface area contributed by atoms with Crippen LogP contribution in [0.25, 0.3) is 0 Å². The minimum Gasteiger partial charge on any atom is -0.502 e. The van der Waals surface area contributed by atoms with Crippen LogP contribution in [0, 0.1) is 10.1 Å². The standard InChI is InChI=1S/C16H12N4O4/c1-19-12-5-3-2-4-11(12)15(16(19)22)18-17-9-10-6-7-14(21)13(8-10)20(23)24/h2-9,21H,1H3/b17-9-,18-15+. The summed E-state index contributed by atoms with van der Waals surface area (Å²) in [5, 5.41) is 28.0. The lowest BCUT2D eigenvalue weighted by molar-refractivity contribution is -0.385. The van der Waals surface area contributed by atoms with E-state index < -0.39 is 16.4 Å². The first-order valence-electron chi connectivity index (χ1n) is 6.95. The van der Waals surface area contributed by atoms with E-state index in [1.54, 1.807) is 19.2 Å². The van der Waals surface area contributed by atoms with Crippen LogP contribution < -0.4 is 4.90 Å². The summed E-state index contributed by atoms with van der Waals surface area (Å²) in [5.41, 5.74) is 1.60. The van der Waals surface area contributed by atoms with Gasteiger partial charge in [0.15, 0.2) is 11.5 Å². The van der Waals surface area contributed by atoms with Gasteiger partial charge in [-0.2, -0.15) is 5.10 Å². The molecule has 0 aliphatic carbocycles. The molecule has 0 aromatic heterocycles. The van der Waals surface area contributed by atoms with E-state index in [0.717, 1.165) is 5.69 Å². The molecule has 1 heterocycles. The van der Waals surface area contributed by atoms with E-state index in [0.29, 0.717) is 11.1 Å². The van der Waals surface area contributed by atoms with Crippen molar-refractivity contribution < 1.29 is 14.8 Å². The number of phenols is 1. The molecule has 24 heavy (non-hydrogen) atoms. The Morgan fingerprint density at radius 3 is 2.75 bits per heavy atom. The topological polar surface area (TPSA) is 108 Å². The second-order valence-corrected chi connectivity index (χ2v) is 5.08. The number of nitro benzene ring substituents is 1. The number of para-hydroxylation sites is 1. The molecular weight excluding hydrogens is 312 g/mol. The molecule has 0 unspecified atom stereocenters. The smallest absolute Gasteiger partial charge is 0.311 e. The number of carbonyl (C=O) groups is 1. The fourth-order valence-corrected chi connectivity index (χ4v) is 2.37. The van der Waals surface area contributed by atoms with Crippen LogP contribution in [-0.4, -0.2) is 34.9 Å². The molecule has 2 aromatic rings. The summed E-state index contributed by atoms with van der Waals surface area (Å²) >= 11 is 0. The van der Waals surface area contributed by atoms with Crippen LogP contribution in [0.5, 0.6) is 5.75 Å². The van der Waals surface area contributed by atoms with Gasteiger partial charge in [-0.3, -0.25) is 14.9 Å². The number of anilines is 1. The van der Waals surface area contributed by atoms with Gasteiger partial charge in [-0.05, 0) is 18.2 Å². The third kappa shape index (κ3) is 2.60. The van der Waals surface area contributed by atoms with Gasteiger partial charge in [0.25, 0.3) is 5.91 Å². The number of hydrogen-bond acceptors (Lipinski definition) is 6. The van der Waals surface area contributed by atoms with E-state index in [-0.39, 0.29) is 11.6 Å². The number of nitro groups is 1. The first-order valence-corrected chi connectivity index (χ1v) is 6.95. The molecule has 2 aromatic carbocycles. The Balaban J connectivity index is 1.91. The maximum absolute atomic E-state index is 12.2. The molecule has 0 spiro atoms. The summed E-state index contributed by atoms with van der Waals surface area (Å²) in [7, 11) is 1.65. The average Bonchev–Trinajstić information content (AvgIpc) is 2.81. The number of likely N-dealkylation sites (N-methyl/N-ethyl adjacent to an activating group) is 1. The van der Waals surface area contributed by atoms with Gasteiger partial charge in [0.05, 0.1) is 16.8 Å². The van der Waals surface area contributed by atoms with Gasteiger partial charge < -0.3 is 10.0 Å². The Kier molecular flexibility index (Phi) is 3.78. The molecule has 0 atom stereocenters. The molecule has 0 saturated heterocycles. The third-order valence-electron chi connectivity index (χ3n) is 3.59. The molecule has 0 saturated carbocycles. The Labute approximate surface area is 136 Å². The zero-order chi connectivity index (χ0) is 17.3. The van der Waals surface area contributed by atoms with Crippen molar-refractivity contribution >= 4 is 29.2 Å². The molecular formula is C16H12N4O4. The number of aromatic hydroxyl groups is 1. The van der Waals surface area contributed by atoms with E-state index in [4.69, 9.17) is 0 Å². The molecule has 1 amide bonds. The molecule has 0 radical (unpaired) electrons. The Morgan fingerprint density at radius 2 is 2.00 bits per heavy atom. The van der Waals surface area contributed by atoms with E-state index >= 15 is 0 Å². The highest BCUT2D eigenvalue weighted by molar-refractivity contribution is 6.54. The highest BCUT2D eigenvalue weighted by atomic mass is 16.6. The summed E-state index contributed by atoms with van der Waals surface area (Å²) in [4.78, 5) is 23.8. The van der Waals surface area contributed by atoms with Gasteiger partial charge in [-0.15, -0.1) is 5.10 Å². The molecule has 8 nitrogen and oxygen atoms in total. The summed E-state index contributed by atoms with van der Waals surface area (Å²) < 4.78 is 0. The number of phenolic OH excluding ortho intramolecular Hbond substituents is 1. The summed E-state index contributed by atoms with van der Waals surface area (Å²) in [5.74, 6) is -0.699. The third-order valence-corrected chi connectivity index (χ3v) is 3.59. The van der Waals surface area contributed by atoms with Gasteiger partial charge in [0.2, 0.25) is 0 Å². The fourth-order valence-electron chi connectivity index (χ4n) is 2.37. The van der Waals surface area contributed by atoms with Gasteiger partial charge in [-0.1, -0.05) is 18.2 Å². The van der Waals surface area contributed by atoms with E-state index in [1.165, 1.54) is 29.3 Å². The molecule has 120 valence electrons. The monoisotopic (exact) mass is 324 g/mol. The van der Waals surface area contributed by atoms with Crippen molar-refractivity contribution in [3.8, 4) is 5.75 Å². The summed E-state index contributed by atoms with van der Waals surface area (Å²) in [6, 6.07) is 11.0. The van der Waals surface area contributed by atoms with Crippen LogP contribution in [0.15, 0.2) is 52.7 Å². The van der Waals surface area contributed by atoms with Gasteiger partial charge in [0.1, 0.15) is 0 Å². The van der Waals surface area contributed by atoms with Crippen LogP contribution >= 0.6 is 0 Å². The second-order valence-electron chi connectivity index (χ2n) is 5.08. The van der Waals surface area contributed by atoms with Crippen LogP contribution in [0.1, 0.15) is 11.1 Å². The Hall–Kier alpha value is -3.55. The number of carbonyl (C=O) groups excluding carboxylic acids is 1. The first kappa shape index (κ1) is 15.3. The number of fused-ring (bicyclic) bond motifs is 1. The zero-order valence-corrected chi connectivity index (χ0v) is 12.6. The van der Waals surface area contributed by atoms with Gasteiger partial charge in [-0.25, -0.2) is 0 Å². The number of amides is 1. The normalized spacial score (nSPS) is 15.3. The summed E-state index contributed by atoms with van der Waals surface area (Å²) in [6.07, 6.45) is 1.29. The predicted octanol–water partition coefficient (Wildman–Crippen LogP) is 2.10. The van der Waals surface area contributed by atoms with Crippen LogP contribution in [0.2, 0.25) is 0 Å². The van der Waals surface area contributed by atoms with Crippen molar-refractivity contribution in [2.75, 3.05) is 11.9 Å². The Morgan fingerprint density at radius 1 is 1.25 bits per heavy atom. The predicted molar refractivity (Wildman–Crippen MR) is 88.7 cm³/mol. The number of benzene rings is 2. The van der Waals surface area contributed by atoms with Crippen molar-refractivity contribution in [1.82, 2.24) is 0 Å². The zero-order valence-electron chi connectivity index (χ0n) is 12.6. The first-order chi connectivity index (χ1) is 11.5. The molecule has 8 heteroatoms. The van der Waals surface area contributed by atoms with E-state index in [1.807, 2.05) is 12.1 Å². The van der Waals surface area contributed by atoms with Crippen LogP contribution in [0.4, 0.5) is 11.4 Å². The van der Waals surface area contributed by atoms with E-state index in [9.17, 15) is 20.0 Å². The Bertz CT molecular complexity index is 905. The fraction of sp³-hybridized carbons (Fsp3) is 0.0625. The van der Waals surface area contributed by atoms with Crippen molar-refractivity contribution in [3.63, 3.8) is 0 Å². The number of hydrogen-bond donors (Lipinski definition) is 1. The molecule has 1 aliphatic rings. The lowest BCUT2D eigenvalue weighted by atomic mass is 10.1. The van der Waals surface area contributed by atoms with Gasteiger partial charge in [0, 0.05) is 24.2 Å². The number of rotatable bonds is 3. The van der Waals surface area contributed by atoms with Crippen LogP contribution in [0.3, 0.4) is 0 Å². The quantitative estimate of drug-likeness (QED) is 0.529. The second kappa shape index (κ2) is 5.92. The highest BCUT2D eigenvalue weighted by Crippen LogP contribution is 2.28. The van der Waals surface area contributed by atoms with Crippen molar-refractivity contribution in [2.45, 2.75) is 0 Å². The SMILES string of the molecule is CN1C(=O)/C(=N/N=C\c2ccc(O)c([N+](=O)[O-])c2)c2ccccc21. The minimum absolute atomic E-state index is 0.206. The molecule has 0 fully saturated rings. The van der Waals surface area contributed by atoms with Gasteiger partial charge >= 0.3 is 5.69 Å². The lowest BCUT2D eigenvalue weighted by Crippen LogP contribution is -2.25. The average molecular weight is 324 g/mol. The molecule has 1 N–H and O–H groups in total. The maximum Gasteiger partial charge on any atom is 0.311 e. The molecule has 0 bridgehead atoms.